The number of esters is 1. The van der Waals surface area contributed by atoms with Crippen molar-refractivity contribution in [3.8, 4) is 0 Å². The second kappa shape index (κ2) is 8.22. The van der Waals surface area contributed by atoms with Crippen LogP contribution in [0.2, 0.25) is 0 Å². The van der Waals surface area contributed by atoms with Gasteiger partial charge in [0.25, 0.3) is 11.5 Å². The Morgan fingerprint density at radius 2 is 1.76 bits per heavy atom. The number of carbonyl (C=O) groups excluding carboxylic acids is 2. The monoisotopic (exact) mass is 394 g/mol. The van der Waals surface area contributed by atoms with Crippen LogP contribution in [-0.4, -0.2) is 33.4 Å². The molecule has 1 amide bonds. The van der Waals surface area contributed by atoms with Gasteiger partial charge in [-0.2, -0.15) is 4.68 Å². The predicted molar refractivity (Wildman–Crippen MR) is 107 cm³/mol. The van der Waals surface area contributed by atoms with Gasteiger partial charge in [0, 0.05) is 5.56 Å². The van der Waals surface area contributed by atoms with Crippen molar-refractivity contribution in [3.05, 3.63) is 70.0 Å². The summed E-state index contributed by atoms with van der Waals surface area (Å²) in [4.78, 5) is 36.4. The van der Waals surface area contributed by atoms with Crippen LogP contribution in [0.4, 0.5) is 0 Å². The van der Waals surface area contributed by atoms with Gasteiger partial charge in [0.15, 0.2) is 6.73 Å². The molecule has 0 aliphatic carbocycles. The molecule has 1 aromatic heterocycles. The number of nitrogens with one attached hydrogen (secondary N) is 1. The number of aromatic nitrogens is 3. The van der Waals surface area contributed by atoms with Crippen molar-refractivity contribution in [3.63, 3.8) is 0 Å². The minimum Gasteiger partial charge on any atom is -0.441 e. The molecule has 1 N–H and O–H groups in total. The summed E-state index contributed by atoms with van der Waals surface area (Å²) in [7, 11) is 0. The highest BCUT2D eigenvalue weighted by Crippen LogP contribution is 2.22. The Balaban J connectivity index is 1.54. The summed E-state index contributed by atoms with van der Waals surface area (Å²) >= 11 is 0. The molecule has 8 heteroatoms. The highest BCUT2D eigenvalue weighted by Gasteiger charge is 2.15. The fraction of sp³-hybridized carbons (Fsp3) is 0.286. The van der Waals surface area contributed by atoms with Crippen molar-refractivity contribution < 1.29 is 14.3 Å². The Labute approximate surface area is 167 Å². The number of rotatable bonds is 5. The van der Waals surface area contributed by atoms with E-state index in [1.807, 2.05) is 12.1 Å². The first-order chi connectivity index (χ1) is 13.8. The molecular formula is C21H22N4O4. The summed E-state index contributed by atoms with van der Waals surface area (Å²) in [5, 5.41) is 10.5. The smallest absolute Gasteiger partial charge is 0.327 e. The molecule has 0 bridgehead atoms. The molecule has 8 nitrogen and oxygen atoms in total. The van der Waals surface area contributed by atoms with Gasteiger partial charge in [-0.3, -0.25) is 14.4 Å². The van der Waals surface area contributed by atoms with E-state index in [9.17, 15) is 14.4 Å². The van der Waals surface area contributed by atoms with E-state index < -0.39 is 11.5 Å². The molecule has 3 rings (SSSR count). The standard InChI is InChI=1S/C21H22N4O4/c1-21(2,3)15-10-8-14(9-11-15)19(27)22-12-18(26)29-13-25-20(28)16-6-4-5-7-17(16)23-24-25/h4-11H,12-13H2,1-3H3,(H,22,27). The van der Waals surface area contributed by atoms with E-state index >= 15 is 0 Å². The maximum atomic E-state index is 12.3. The number of carbonyl (C=O) groups is 2. The Morgan fingerprint density at radius 3 is 2.45 bits per heavy atom. The minimum atomic E-state index is -0.688. The van der Waals surface area contributed by atoms with Crippen molar-refractivity contribution in [1.29, 1.82) is 0 Å². The van der Waals surface area contributed by atoms with Gasteiger partial charge >= 0.3 is 5.97 Å². The second-order valence-corrected chi connectivity index (χ2v) is 7.57. The van der Waals surface area contributed by atoms with Crippen molar-refractivity contribution in [1.82, 2.24) is 20.3 Å². The maximum Gasteiger partial charge on any atom is 0.327 e. The van der Waals surface area contributed by atoms with Gasteiger partial charge in [-0.1, -0.05) is 50.3 Å². The van der Waals surface area contributed by atoms with Crippen molar-refractivity contribution in [2.24, 2.45) is 0 Å². The third-order valence-electron chi connectivity index (χ3n) is 4.38. The van der Waals surface area contributed by atoms with Crippen LogP contribution in [0.15, 0.2) is 53.3 Å². The zero-order valence-electron chi connectivity index (χ0n) is 16.5. The number of ether oxygens (including phenoxy) is 1. The summed E-state index contributed by atoms with van der Waals surface area (Å²) in [6.07, 6.45) is 0. The first kappa shape index (κ1) is 20.2. The second-order valence-electron chi connectivity index (χ2n) is 7.57. The normalized spacial score (nSPS) is 11.3. The van der Waals surface area contributed by atoms with Gasteiger partial charge in [-0.15, -0.1) is 5.10 Å². The largest absolute Gasteiger partial charge is 0.441 e. The molecular weight excluding hydrogens is 372 g/mol. The summed E-state index contributed by atoms with van der Waals surface area (Å²) in [5.41, 5.74) is 1.59. The number of hydrogen-bond acceptors (Lipinski definition) is 6. The summed E-state index contributed by atoms with van der Waals surface area (Å²) < 4.78 is 5.97. The Kier molecular flexibility index (Phi) is 5.72. The van der Waals surface area contributed by atoms with E-state index in [0.29, 0.717) is 16.5 Å². The fourth-order valence-corrected chi connectivity index (χ4v) is 2.67. The van der Waals surface area contributed by atoms with E-state index in [1.165, 1.54) is 0 Å². The molecule has 0 saturated heterocycles. The number of benzene rings is 2. The average molecular weight is 394 g/mol. The van der Waals surface area contributed by atoms with Gasteiger partial charge in [-0.25, -0.2) is 0 Å². The first-order valence-corrected chi connectivity index (χ1v) is 9.12. The number of fused-ring (bicyclic) bond motifs is 1. The average Bonchev–Trinajstić information content (AvgIpc) is 2.71. The number of nitrogens with zero attached hydrogens (tertiary/aromatic N) is 3. The molecule has 29 heavy (non-hydrogen) atoms. The molecule has 0 aliphatic rings. The van der Waals surface area contributed by atoms with Crippen molar-refractivity contribution >= 4 is 22.8 Å². The Morgan fingerprint density at radius 1 is 1.07 bits per heavy atom. The molecule has 3 aromatic rings. The molecule has 0 spiro atoms. The molecule has 0 saturated carbocycles. The topological polar surface area (TPSA) is 103 Å². The van der Waals surface area contributed by atoms with E-state index in [4.69, 9.17) is 4.74 Å². The van der Waals surface area contributed by atoms with Crippen molar-refractivity contribution in [2.45, 2.75) is 32.9 Å². The lowest BCUT2D eigenvalue weighted by Gasteiger charge is -2.19. The van der Waals surface area contributed by atoms with Gasteiger partial charge < -0.3 is 10.1 Å². The number of amides is 1. The lowest BCUT2D eigenvalue weighted by atomic mass is 9.87. The summed E-state index contributed by atoms with van der Waals surface area (Å²) in [6.45, 7) is 5.55. The Bertz CT molecular complexity index is 1100. The predicted octanol–water partition coefficient (Wildman–Crippen LogP) is 2.02. The van der Waals surface area contributed by atoms with Crippen LogP contribution in [-0.2, 0) is 21.7 Å². The van der Waals surface area contributed by atoms with E-state index in [2.05, 4.69) is 36.4 Å². The van der Waals surface area contributed by atoms with Crippen LogP contribution in [0.5, 0.6) is 0 Å². The minimum absolute atomic E-state index is 0.0114. The third kappa shape index (κ3) is 4.84. The zero-order chi connectivity index (χ0) is 21.0. The van der Waals surface area contributed by atoms with Crippen LogP contribution >= 0.6 is 0 Å². The number of hydrogen-bond donors (Lipinski definition) is 1. The van der Waals surface area contributed by atoms with Crippen LogP contribution in [0, 0.1) is 0 Å². The highest BCUT2D eigenvalue weighted by atomic mass is 16.5. The molecule has 0 aliphatic heterocycles. The van der Waals surface area contributed by atoms with E-state index in [0.717, 1.165) is 10.2 Å². The fourth-order valence-electron chi connectivity index (χ4n) is 2.67. The zero-order valence-corrected chi connectivity index (χ0v) is 16.5. The van der Waals surface area contributed by atoms with Gasteiger partial charge in [0.2, 0.25) is 0 Å². The molecule has 2 aromatic carbocycles. The molecule has 0 radical (unpaired) electrons. The van der Waals surface area contributed by atoms with Crippen LogP contribution < -0.4 is 10.9 Å². The molecule has 1 heterocycles. The summed E-state index contributed by atoms with van der Waals surface area (Å²) in [5.74, 6) is -1.07. The van der Waals surface area contributed by atoms with Gasteiger partial charge in [0.05, 0.1) is 5.39 Å². The molecule has 0 fully saturated rings. The van der Waals surface area contributed by atoms with Crippen LogP contribution in [0.3, 0.4) is 0 Å². The quantitative estimate of drug-likeness (QED) is 0.664. The van der Waals surface area contributed by atoms with Gasteiger partial charge in [-0.05, 0) is 35.2 Å². The highest BCUT2D eigenvalue weighted by molar-refractivity contribution is 5.95. The van der Waals surface area contributed by atoms with Gasteiger partial charge in [0.1, 0.15) is 12.1 Å². The molecule has 0 atom stereocenters. The Hall–Kier alpha value is -3.55. The van der Waals surface area contributed by atoms with Crippen molar-refractivity contribution in [2.75, 3.05) is 6.54 Å². The first-order valence-electron chi connectivity index (χ1n) is 9.12. The SMILES string of the molecule is CC(C)(C)c1ccc(C(=O)NCC(=O)OCn2nnc3ccccc3c2=O)cc1. The van der Waals surface area contributed by atoms with E-state index in [-0.39, 0.29) is 24.6 Å². The maximum absolute atomic E-state index is 12.3. The molecule has 150 valence electrons. The lowest BCUT2D eigenvalue weighted by molar-refractivity contribution is -0.146. The third-order valence-corrected chi connectivity index (χ3v) is 4.38. The van der Waals surface area contributed by atoms with Crippen LogP contribution in [0.1, 0.15) is 36.7 Å². The van der Waals surface area contributed by atoms with Crippen LogP contribution in [0.25, 0.3) is 10.9 Å². The summed E-state index contributed by atoms with van der Waals surface area (Å²) in [6, 6.07) is 14.0. The van der Waals surface area contributed by atoms with E-state index in [1.54, 1.807) is 36.4 Å². The molecule has 0 unspecified atom stereocenters. The lowest BCUT2D eigenvalue weighted by Crippen LogP contribution is -2.32.